The topological polar surface area (TPSA) is 96.0 Å². The molecule has 0 radical (unpaired) electrons. The zero-order valence-corrected chi connectivity index (χ0v) is 25.1. The van der Waals surface area contributed by atoms with E-state index in [9.17, 15) is 18.0 Å². The van der Waals surface area contributed by atoms with Crippen molar-refractivity contribution in [3.05, 3.63) is 90.5 Å². The van der Waals surface area contributed by atoms with Crippen LogP contribution in [0.5, 0.6) is 5.75 Å². The highest BCUT2D eigenvalue weighted by Crippen LogP contribution is 2.26. The first kappa shape index (κ1) is 31.7. The van der Waals surface area contributed by atoms with Crippen molar-refractivity contribution in [1.29, 1.82) is 0 Å². The van der Waals surface area contributed by atoms with E-state index in [2.05, 4.69) is 5.32 Å². The van der Waals surface area contributed by atoms with Crippen molar-refractivity contribution in [3.8, 4) is 5.75 Å². The standard InChI is InChI=1S/C32H41N3O5S/c1-5-25(4)33-32(37)30(6-2)34(23-22-26-14-10-8-11-15-26)31(36)24-35(27-18-20-28(21-19-27)40-7-3)41(38,39)29-16-12-9-13-17-29/h8-21,25,30H,5-7,22-24H2,1-4H3,(H,33,37)/t25-,30+/m0/s1. The molecule has 9 heteroatoms. The Morgan fingerprint density at radius 3 is 2.02 bits per heavy atom. The highest BCUT2D eigenvalue weighted by Gasteiger charge is 2.33. The molecular weight excluding hydrogens is 538 g/mol. The number of hydrogen-bond donors (Lipinski definition) is 1. The van der Waals surface area contributed by atoms with Crippen molar-refractivity contribution < 1.29 is 22.7 Å². The van der Waals surface area contributed by atoms with Crippen LogP contribution in [0.2, 0.25) is 0 Å². The Bertz CT molecular complexity index is 1350. The maximum atomic E-state index is 14.1. The number of anilines is 1. The molecule has 0 aliphatic carbocycles. The number of hydrogen-bond acceptors (Lipinski definition) is 5. The van der Waals surface area contributed by atoms with Gasteiger partial charge >= 0.3 is 0 Å². The van der Waals surface area contributed by atoms with Crippen LogP contribution < -0.4 is 14.4 Å². The third-order valence-corrected chi connectivity index (χ3v) is 8.71. The summed E-state index contributed by atoms with van der Waals surface area (Å²) in [5.41, 5.74) is 1.34. The van der Waals surface area contributed by atoms with E-state index in [1.165, 1.54) is 17.0 Å². The smallest absolute Gasteiger partial charge is 0.264 e. The van der Waals surface area contributed by atoms with Gasteiger partial charge in [-0.25, -0.2) is 8.42 Å². The van der Waals surface area contributed by atoms with Crippen LogP contribution in [0.3, 0.4) is 0 Å². The largest absolute Gasteiger partial charge is 0.494 e. The van der Waals surface area contributed by atoms with Crippen LogP contribution in [0, 0.1) is 0 Å². The average molecular weight is 580 g/mol. The fourth-order valence-corrected chi connectivity index (χ4v) is 5.90. The summed E-state index contributed by atoms with van der Waals surface area (Å²) in [4.78, 5) is 29.0. The Hall–Kier alpha value is -3.85. The predicted octanol–water partition coefficient (Wildman–Crippen LogP) is 5.05. The van der Waals surface area contributed by atoms with Gasteiger partial charge in [-0.15, -0.1) is 0 Å². The van der Waals surface area contributed by atoms with Gasteiger partial charge in [0.15, 0.2) is 0 Å². The third kappa shape index (κ3) is 8.57. The van der Waals surface area contributed by atoms with Gasteiger partial charge in [0.25, 0.3) is 10.0 Å². The molecule has 0 aliphatic heterocycles. The molecule has 1 N–H and O–H groups in total. The van der Waals surface area contributed by atoms with E-state index < -0.39 is 28.5 Å². The Labute approximate surface area is 244 Å². The van der Waals surface area contributed by atoms with Gasteiger partial charge in [0.1, 0.15) is 18.3 Å². The number of carbonyl (C=O) groups is 2. The van der Waals surface area contributed by atoms with Crippen LogP contribution in [0.4, 0.5) is 5.69 Å². The quantitative estimate of drug-likeness (QED) is 0.272. The van der Waals surface area contributed by atoms with E-state index in [1.54, 1.807) is 42.5 Å². The van der Waals surface area contributed by atoms with E-state index in [1.807, 2.05) is 58.0 Å². The minimum Gasteiger partial charge on any atom is -0.494 e. The molecule has 3 aromatic carbocycles. The number of rotatable bonds is 15. The molecule has 2 atom stereocenters. The predicted molar refractivity (Wildman–Crippen MR) is 162 cm³/mol. The van der Waals surface area contributed by atoms with E-state index in [4.69, 9.17) is 4.74 Å². The first-order valence-corrected chi connectivity index (χ1v) is 15.6. The molecule has 3 rings (SSSR count). The number of nitrogens with zero attached hydrogens (tertiary/aromatic N) is 2. The van der Waals surface area contributed by atoms with E-state index in [0.29, 0.717) is 30.9 Å². The summed E-state index contributed by atoms with van der Waals surface area (Å²) < 4.78 is 34.4. The van der Waals surface area contributed by atoms with E-state index >= 15 is 0 Å². The fourth-order valence-electron chi connectivity index (χ4n) is 4.46. The third-order valence-electron chi connectivity index (χ3n) is 6.92. The van der Waals surface area contributed by atoms with Crippen molar-refractivity contribution >= 4 is 27.5 Å². The number of ether oxygens (including phenoxy) is 1. The molecule has 3 aromatic rings. The molecule has 0 unspecified atom stereocenters. The van der Waals surface area contributed by atoms with Crippen molar-refractivity contribution in [3.63, 3.8) is 0 Å². The summed E-state index contributed by atoms with van der Waals surface area (Å²) in [6, 6.07) is 23.5. The summed E-state index contributed by atoms with van der Waals surface area (Å²) in [5.74, 6) is -0.112. The van der Waals surface area contributed by atoms with Crippen molar-refractivity contribution in [2.45, 2.75) is 63.9 Å². The SMILES string of the molecule is CCOc1ccc(N(CC(=O)N(CCc2ccccc2)[C@H](CC)C(=O)N[C@@H](C)CC)S(=O)(=O)c2ccccc2)cc1. The summed E-state index contributed by atoms with van der Waals surface area (Å²) >= 11 is 0. The molecule has 8 nitrogen and oxygen atoms in total. The van der Waals surface area contributed by atoms with Gasteiger partial charge in [-0.2, -0.15) is 0 Å². The maximum Gasteiger partial charge on any atom is 0.264 e. The minimum atomic E-state index is -4.11. The van der Waals surface area contributed by atoms with Gasteiger partial charge in [-0.3, -0.25) is 13.9 Å². The van der Waals surface area contributed by atoms with Crippen LogP contribution in [-0.2, 0) is 26.0 Å². The number of carbonyl (C=O) groups excluding carboxylic acids is 2. The normalized spacial score (nSPS) is 12.7. The lowest BCUT2D eigenvalue weighted by Crippen LogP contribution is -2.54. The fraction of sp³-hybridized carbons (Fsp3) is 0.375. The number of benzene rings is 3. The highest BCUT2D eigenvalue weighted by atomic mass is 32.2. The number of sulfonamides is 1. The zero-order valence-electron chi connectivity index (χ0n) is 24.3. The molecule has 41 heavy (non-hydrogen) atoms. The van der Waals surface area contributed by atoms with Gasteiger partial charge in [-0.05, 0) is 75.1 Å². The Morgan fingerprint density at radius 2 is 1.46 bits per heavy atom. The van der Waals surface area contributed by atoms with Crippen molar-refractivity contribution in [2.75, 3.05) is 24.0 Å². The lowest BCUT2D eigenvalue weighted by molar-refractivity contribution is -0.139. The molecule has 0 spiro atoms. The van der Waals surface area contributed by atoms with Crippen LogP contribution >= 0.6 is 0 Å². The van der Waals surface area contributed by atoms with Gasteiger partial charge in [0.2, 0.25) is 11.8 Å². The molecule has 0 fully saturated rings. The number of amides is 2. The summed E-state index contributed by atoms with van der Waals surface area (Å²) in [7, 11) is -4.11. The van der Waals surface area contributed by atoms with Crippen LogP contribution in [0.1, 0.15) is 46.1 Å². The van der Waals surface area contributed by atoms with Crippen LogP contribution in [0.25, 0.3) is 0 Å². The second-order valence-electron chi connectivity index (χ2n) is 9.82. The molecule has 220 valence electrons. The monoisotopic (exact) mass is 579 g/mol. The minimum absolute atomic E-state index is 0.0542. The van der Waals surface area contributed by atoms with Gasteiger partial charge in [0.05, 0.1) is 17.2 Å². The van der Waals surface area contributed by atoms with Gasteiger partial charge in [-0.1, -0.05) is 62.4 Å². The summed E-state index contributed by atoms with van der Waals surface area (Å²) in [5, 5.41) is 2.99. The van der Waals surface area contributed by atoms with Gasteiger partial charge < -0.3 is 15.0 Å². The van der Waals surface area contributed by atoms with Gasteiger partial charge in [0, 0.05) is 12.6 Å². The lowest BCUT2D eigenvalue weighted by atomic mass is 10.1. The molecule has 0 bridgehead atoms. The second kappa shape index (κ2) is 15.2. The molecule has 0 saturated carbocycles. The Morgan fingerprint density at radius 1 is 0.854 bits per heavy atom. The zero-order chi connectivity index (χ0) is 29.8. The second-order valence-corrected chi connectivity index (χ2v) is 11.7. The Balaban J connectivity index is 2.00. The molecule has 0 saturated heterocycles. The average Bonchev–Trinajstić information content (AvgIpc) is 2.99. The number of nitrogens with one attached hydrogen (secondary N) is 1. The van der Waals surface area contributed by atoms with Crippen LogP contribution in [0.15, 0.2) is 89.8 Å². The Kier molecular flexibility index (Phi) is 11.8. The first-order valence-electron chi connectivity index (χ1n) is 14.2. The van der Waals surface area contributed by atoms with Crippen LogP contribution in [-0.4, -0.2) is 56.9 Å². The molecule has 0 aliphatic rings. The first-order chi connectivity index (χ1) is 19.7. The summed E-state index contributed by atoms with van der Waals surface area (Å²) in [6.07, 6.45) is 1.66. The van der Waals surface area contributed by atoms with Crippen molar-refractivity contribution in [2.24, 2.45) is 0 Å². The lowest BCUT2D eigenvalue weighted by Gasteiger charge is -2.33. The molecule has 2 amide bonds. The maximum absolute atomic E-state index is 14.1. The van der Waals surface area contributed by atoms with Crippen molar-refractivity contribution in [1.82, 2.24) is 10.2 Å². The molecule has 0 heterocycles. The summed E-state index contributed by atoms with van der Waals surface area (Å²) in [6.45, 7) is 7.88. The van der Waals surface area contributed by atoms with E-state index in [0.717, 1.165) is 16.3 Å². The highest BCUT2D eigenvalue weighted by molar-refractivity contribution is 7.92. The van der Waals surface area contributed by atoms with E-state index in [-0.39, 0.29) is 23.4 Å². The molecule has 0 aromatic heterocycles. The molecular formula is C32H41N3O5S.